The molecular weight excluding hydrogens is 438 g/mol. The van der Waals surface area contributed by atoms with Crippen LogP contribution in [0.2, 0.25) is 0 Å². The zero-order chi connectivity index (χ0) is 23.9. The van der Waals surface area contributed by atoms with Gasteiger partial charge in [-0.25, -0.2) is 0 Å². The van der Waals surface area contributed by atoms with Gasteiger partial charge in [0, 0.05) is 23.9 Å². The molecule has 1 N–H and O–H groups in total. The highest BCUT2D eigenvalue weighted by Crippen LogP contribution is 2.35. The molecule has 0 spiro atoms. The van der Waals surface area contributed by atoms with E-state index in [1.807, 2.05) is 66.7 Å². The molecule has 0 amide bonds. The number of hydrogen-bond acceptors (Lipinski definition) is 7. The third-order valence-electron chi connectivity index (χ3n) is 4.86. The van der Waals surface area contributed by atoms with E-state index in [2.05, 4.69) is 5.32 Å². The number of hydrogen-bond donors (Lipinski definition) is 1. The second-order valence-corrected chi connectivity index (χ2v) is 7.17. The first-order valence-electron chi connectivity index (χ1n) is 10.2. The Bertz CT molecular complexity index is 1310. The Labute approximate surface area is 194 Å². The molecule has 0 fully saturated rings. The average Bonchev–Trinajstić information content (AvgIpc) is 2.85. The van der Waals surface area contributed by atoms with Crippen LogP contribution in [0.25, 0.3) is 0 Å². The number of ether oxygens (including phenoxy) is 2. The van der Waals surface area contributed by atoms with Crippen molar-refractivity contribution >= 4 is 17.1 Å². The summed E-state index contributed by atoms with van der Waals surface area (Å²) < 4.78 is 11.6. The molecule has 0 aliphatic rings. The maximum Gasteiger partial charge on any atom is 0.318 e. The number of anilines is 1. The molecule has 0 radical (unpaired) electrons. The van der Waals surface area contributed by atoms with Crippen LogP contribution in [0.3, 0.4) is 0 Å². The Balaban J connectivity index is 1.46. The van der Waals surface area contributed by atoms with Crippen molar-refractivity contribution in [1.29, 1.82) is 0 Å². The van der Waals surface area contributed by atoms with Gasteiger partial charge in [0.1, 0.15) is 17.2 Å². The third-order valence-corrected chi connectivity index (χ3v) is 4.86. The zero-order valence-electron chi connectivity index (χ0n) is 17.8. The number of nitro benzene ring substituents is 2. The van der Waals surface area contributed by atoms with Crippen molar-refractivity contribution in [3.63, 3.8) is 0 Å². The van der Waals surface area contributed by atoms with E-state index in [1.165, 1.54) is 12.1 Å². The Morgan fingerprint density at radius 1 is 0.676 bits per heavy atom. The summed E-state index contributed by atoms with van der Waals surface area (Å²) in [6, 6.07) is 27.3. The van der Waals surface area contributed by atoms with E-state index in [9.17, 15) is 20.2 Å². The number of benzene rings is 4. The first-order chi connectivity index (χ1) is 16.5. The highest BCUT2D eigenvalue weighted by molar-refractivity contribution is 5.56. The summed E-state index contributed by atoms with van der Waals surface area (Å²) in [5, 5.41) is 25.6. The standard InChI is InChI=1S/C25H19N3O6/c29-27(30)20-12-15-25(23(16-20)28(31)32)34-24-9-5-4-6-18(24)17-26-19-10-13-22(14-11-19)33-21-7-2-1-3-8-21/h1-16,26H,17H2. The van der Waals surface area contributed by atoms with Gasteiger partial charge in [-0.15, -0.1) is 0 Å². The van der Waals surface area contributed by atoms with E-state index < -0.39 is 15.5 Å². The lowest BCUT2D eigenvalue weighted by molar-refractivity contribution is -0.394. The van der Waals surface area contributed by atoms with Crippen molar-refractivity contribution in [2.24, 2.45) is 0 Å². The van der Waals surface area contributed by atoms with E-state index in [0.29, 0.717) is 18.0 Å². The highest BCUT2D eigenvalue weighted by atomic mass is 16.6. The highest BCUT2D eigenvalue weighted by Gasteiger charge is 2.21. The lowest BCUT2D eigenvalue weighted by Crippen LogP contribution is -2.02. The summed E-state index contributed by atoms with van der Waals surface area (Å²) in [6.45, 7) is 0.385. The Morgan fingerprint density at radius 3 is 2.06 bits per heavy atom. The van der Waals surface area contributed by atoms with Crippen molar-refractivity contribution in [1.82, 2.24) is 0 Å². The van der Waals surface area contributed by atoms with E-state index in [-0.39, 0.29) is 11.4 Å². The minimum Gasteiger partial charge on any atom is -0.457 e. The second-order valence-electron chi connectivity index (χ2n) is 7.17. The molecular formula is C25H19N3O6. The molecule has 0 aliphatic carbocycles. The molecule has 4 aromatic carbocycles. The van der Waals surface area contributed by atoms with Crippen LogP contribution in [0.1, 0.15) is 5.56 Å². The topological polar surface area (TPSA) is 117 Å². The molecule has 4 aromatic rings. The van der Waals surface area contributed by atoms with Gasteiger partial charge in [-0.2, -0.15) is 0 Å². The normalized spacial score (nSPS) is 10.4. The molecule has 0 saturated heterocycles. The van der Waals surface area contributed by atoms with Crippen molar-refractivity contribution in [3.8, 4) is 23.0 Å². The molecule has 34 heavy (non-hydrogen) atoms. The summed E-state index contributed by atoms with van der Waals surface area (Å²) in [6.07, 6.45) is 0. The van der Waals surface area contributed by atoms with Crippen LogP contribution >= 0.6 is 0 Å². The van der Waals surface area contributed by atoms with Gasteiger partial charge in [-0.05, 0) is 48.5 Å². The first-order valence-corrected chi connectivity index (χ1v) is 10.2. The SMILES string of the molecule is O=[N+]([O-])c1ccc(Oc2ccccc2CNc2ccc(Oc3ccccc3)cc2)c([N+](=O)[O-])c1. The summed E-state index contributed by atoms with van der Waals surface area (Å²) in [4.78, 5) is 21.0. The maximum absolute atomic E-state index is 11.4. The van der Waals surface area contributed by atoms with Crippen molar-refractivity contribution < 1.29 is 19.3 Å². The van der Waals surface area contributed by atoms with Gasteiger partial charge >= 0.3 is 5.69 Å². The van der Waals surface area contributed by atoms with Gasteiger partial charge in [0.05, 0.1) is 15.9 Å². The fourth-order valence-electron chi connectivity index (χ4n) is 3.18. The minimum atomic E-state index is -0.706. The predicted molar refractivity (Wildman–Crippen MR) is 127 cm³/mol. The fraction of sp³-hybridized carbons (Fsp3) is 0.0400. The van der Waals surface area contributed by atoms with Crippen LogP contribution in [0, 0.1) is 20.2 Å². The van der Waals surface area contributed by atoms with Crippen LogP contribution in [-0.4, -0.2) is 9.85 Å². The van der Waals surface area contributed by atoms with Gasteiger partial charge in [0.25, 0.3) is 5.69 Å². The number of nitrogens with one attached hydrogen (secondary N) is 1. The molecule has 9 heteroatoms. The van der Waals surface area contributed by atoms with Crippen molar-refractivity contribution in [2.75, 3.05) is 5.32 Å². The molecule has 0 aliphatic heterocycles. The Hall–Kier alpha value is -4.92. The van der Waals surface area contributed by atoms with Crippen LogP contribution in [0.15, 0.2) is 97.1 Å². The lowest BCUT2D eigenvalue weighted by atomic mass is 10.2. The molecule has 0 heterocycles. The molecule has 0 bridgehead atoms. The number of non-ortho nitro benzene ring substituents is 1. The maximum atomic E-state index is 11.4. The van der Waals surface area contributed by atoms with Gasteiger partial charge < -0.3 is 14.8 Å². The summed E-state index contributed by atoms with van der Waals surface area (Å²) in [5.41, 5.74) is 0.732. The van der Waals surface area contributed by atoms with E-state index in [1.54, 1.807) is 12.1 Å². The van der Waals surface area contributed by atoms with Gasteiger partial charge in [0.2, 0.25) is 5.75 Å². The first kappa shape index (κ1) is 22.3. The molecule has 170 valence electrons. The summed E-state index contributed by atoms with van der Waals surface area (Å²) in [5.74, 6) is 1.77. The number of rotatable bonds is 9. The van der Waals surface area contributed by atoms with Crippen LogP contribution in [-0.2, 0) is 6.54 Å². The van der Waals surface area contributed by atoms with Gasteiger partial charge in [-0.1, -0.05) is 36.4 Å². The number of nitro groups is 2. The van der Waals surface area contributed by atoms with Gasteiger partial charge in [-0.3, -0.25) is 20.2 Å². The van der Waals surface area contributed by atoms with E-state index >= 15 is 0 Å². The van der Waals surface area contributed by atoms with Crippen molar-refractivity contribution in [3.05, 3.63) is 123 Å². The van der Waals surface area contributed by atoms with Crippen molar-refractivity contribution in [2.45, 2.75) is 6.54 Å². The molecule has 4 rings (SSSR count). The Morgan fingerprint density at radius 2 is 1.35 bits per heavy atom. The smallest absolute Gasteiger partial charge is 0.318 e. The number of nitrogens with zero attached hydrogens (tertiary/aromatic N) is 2. The minimum absolute atomic E-state index is 0.0783. The molecule has 0 atom stereocenters. The monoisotopic (exact) mass is 457 g/mol. The van der Waals surface area contributed by atoms with E-state index in [0.717, 1.165) is 23.1 Å². The van der Waals surface area contributed by atoms with Gasteiger partial charge in [0.15, 0.2) is 0 Å². The quantitative estimate of drug-likeness (QED) is 0.219. The molecule has 0 unspecified atom stereocenters. The largest absolute Gasteiger partial charge is 0.457 e. The summed E-state index contributed by atoms with van der Waals surface area (Å²) in [7, 11) is 0. The number of para-hydroxylation sites is 2. The van der Waals surface area contributed by atoms with Crippen LogP contribution in [0.4, 0.5) is 17.1 Å². The predicted octanol–water partition coefficient (Wildman–Crippen LogP) is 6.70. The Kier molecular flexibility index (Phi) is 6.64. The fourth-order valence-corrected chi connectivity index (χ4v) is 3.18. The zero-order valence-corrected chi connectivity index (χ0v) is 17.8. The molecule has 9 nitrogen and oxygen atoms in total. The van der Waals surface area contributed by atoms with Crippen LogP contribution < -0.4 is 14.8 Å². The second kappa shape index (κ2) is 10.1. The van der Waals surface area contributed by atoms with Crippen LogP contribution in [0.5, 0.6) is 23.0 Å². The van der Waals surface area contributed by atoms with E-state index in [4.69, 9.17) is 9.47 Å². The lowest BCUT2D eigenvalue weighted by Gasteiger charge is -2.13. The molecule has 0 aromatic heterocycles. The molecule has 0 saturated carbocycles. The summed E-state index contributed by atoms with van der Waals surface area (Å²) >= 11 is 0. The average molecular weight is 457 g/mol. The third kappa shape index (κ3) is 5.46.